The van der Waals surface area contributed by atoms with Gasteiger partial charge in [0.1, 0.15) is 18.2 Å². The maximum Gasteiger partial charge on any atom is 0.413 e. The fourth-order valence-corrected chi connectivity index (χ4v) is 5.53. The van der Waals surface area contributed by atoms with E-state index in [4.69, 9.17) is 9.47 Å². The lowest BCUT2D eigenvalue weighted by atomic mass is 10.0. The van der Waals surface area contributed by atoms with Gasteiger partial charge >= 0.3 is 12.2 Å². The highest BCUT2D eigenvalue weighted by molar-refractivity contribution is 9.10. The number of halogens is 1. The van der Waals surface area contributed by atoms with Gasteiger partial charge < -0.3 is 14.8 Å². The molecule has 1 heterocycles. The van der Waals surface area contributed by atoms with Gasteiger partial charge in [0, 0.05) is 11.8 Å². The molecule has 2 atom stereocenters. The first-order chi connectivity index (χ1) is 21.8. The Bertz CT molecular complexity index is 1840. The van der Waals surface area contributed by atoms with Crippen LogP contribution < -0.4 is 20.5 Å². The number of aromatic nitrogens is 1. The lowest BCUT2D eigenvalue weighted by molar-refractivity contribution is -0.697. The van der Waals surface area contributed by atoms with Crippen LogP contribution in [0.1, 0.15) is 42.3 Å². The van der Waals surface area contributed by atoms with E-state index in [9.17, 15) is 14.4 Å². The molecule has 0 saturated carbocycles. The third-order valence-corrected chi connectivity index (χ3v) is 7.54. The number of carbonyl (C=O) groups excluding carboxylic acids is 3. The standard InChI is InChI=1S/C35H33BrN4O5/c1-3-17-40-21-28(19-29(36)22-40)33(41)37-20-32(27-16-15-24-9-4-5-11-26(24)18-27)45-34(42)38-23(2)44-35(43)39-31-14-8-12-25-10-6-7-13-30(25)31/h4-16,18-19,21-23,32H,3,17,20H2,1-2H3,(H2-,37,38,39,41,42,43)/p+1. The summed E-state index contributed by atoms with van der Waals surface area (Å²) < 4.78 is 13.9. The normalized spacial score (nSPS) is 12.2. The molecule has 0 aliphatic carbocycles. The number of fused-ring (bicyclic) bond motifs is 2. The number of amides is 3. The first kappa shape index (κ1) is 31.5. The van der Waals surface area contributed by atoms with Crippen LogP contribution in [0.25, 0.3) is 21.5 Å². The number of alkyl carbamates (subject to hydrolysis) is 1. The van der Waals surface area contributed by atoms with Crippen molar-refractivity contribution in [3.05, 3.63) is 119 Å². The number of hydrogen-bond acceptors (Lipinski definition) is 5. The van der Waals surface area contributed by atoms with Crippen LogP contribution in [0.15, 0.2) is 108 Å². The van der Waals surface area contributed by atoms with E-state index in [0.29, 0.717) is 16.8 Å². The second-order valence-electron chi connectivity index (χ2n) is 10.5. The quantitative estimate of drug-likeness (QED) is 0.107. The van der Waals surface area contributed by atoms with E-state index in [1.165, 1.54) is 6.92 Å². The number of rotatable bonds is 10. The molecule has 10 heteroatoms. The third kappa shape index (κ3) is 8.36. The second-order valence-corrected chi connectivity index (χ2v) is 11.5. The van der Waals surface area contributed by atoms with Crippen molar-refractivity contribution in [3.63, 3.8) is 0 Å². The minimum atomic E-state index is -1.00. The summed E-state index contributed by atoms with van der Waals surface area (Å²) in [6.45, 7) is 4.37. The first-order valence-electron chi connectivity index (χ1n) is 14.7. The summed E-state index contributed by atoms with van der Waals surface area (Å²) in [5, 5.41) is 12.0. The Morgan fingerprint density at radius 3 is 2.36 bits per heavy atom. The van der Waals surface area contributed by atoms with Gasteiger partial charge in [-0.05, 0) is 62.8 Å². The smallest absolute Gasteiger partial charge is 0.413 e. The largest absolute Gasteiger partial charge is 0.439 e. The van der Waals surface area contributed by atoms with Crippen molar-refractivity contribution in [3.8, 4) is 0 Å². The van der Waals surface area contributed by atoms with E-state index in [2.05, 4.69) is 38.8 Å². The molecule has 0 radical (unpaired) electrons. The topological polar surface area (TPSA) is 110 Å². The number of nitrogens with zero attached hydrogens (tertiary/aromatic N) is 1. The highest BCUT2D eigenvalue weighted by atomic mass is 79.9. The van der Waals surface area contributed by atoms with Crippen molar-refractivity contribution >= 4 is 61.3 Å². The Kier molecular flexibility index (Phi) is 10.3. The highest BCUT2D eigenvalue weighted by Crippen LogP contribution is 2.24. The molecule has 9 nitrogen and oxygen atoms in total. The van der Waals surface area contributed by atoms with Crippen LogP contribution in [0, 0.1) is 0 Å². The molecule has 5 rings (SSSR count). The Balaban J connectivity index is 1.25. The average Bonchev–Trinajstić information content (AvgIpc) is 3.02. The van der Waals surface area contributed by atoms with Gasteiger partial charge in [-0.15, -0.1) is 0 Å². The van der Waals surface area contributed by atoms with Crippen LogP contribution in [-0.4, -0.2) is 30.9 Å². The van der Waals surface area contributed by atoms with E-state index in [1.807, 2.05) is 89.6 Å². The summed E-state index contributed by atoms with van der Waals surface area (Å²) >= 11 is 3.47. The molecule has 45 heavy (non-hydrogen) atoms. The molecule has 2 unspecified atom stereocenters. The molecule has 0 aliphatic rings. The average molecular weight is 671 g/mol. The van der Waals surface area contributed by atoms with Gasteiger partial charge in [-0.2, -0.15) is 0 Å². The lowest BCUT2D eigenvalue weighted by Crippen LogP contribution is -2.40. The predicted octanol–water partition coefficient (Wildman–Crippen LogP) is 7.25. The fourth-order valence-electron chi connectivity index (χ4n) is 5.03. The zero-order chi connectivity index (χ0) is 31.8. The molecule has 4 aromatic carbocycles. The number of ether oxygens (including phenoxy) is 2. The van der Waals surface area contributed by atoms with Gasteiger partial charge in [-0.3, -0.25) is 15.4 Å². The number of nitrogens with one attached hydrogen (secondary N) is 3. The maximum absolute atomic E-state index is 13.2. The number of benzene rings is 4. The molecule has 5 aromatic rings. The van der Waals surface area contributed by atoms with Crippen LogP contribution in [-0.2, 0) is 16.0 Å². The minimum Gasteiger partial charge on any atom is -0.439 e. The van der Waals surface area contributed by atoms with Gasteiger partial charge in [0.25, 0.3) is 5.91 Å². The number of carbonyl (C=O) groups is 3. The Labute approximate surface area is 269 Å². The van der Waals surface area contributed by atoms with Crippen molar-refractivity contribution in [2.45, 2.75) is 39.1 Å². The van der Waals surface area contributed by atoms with Crippen molar-refractivity contribution in [1.29, 1.82) is 0 Å². The molecular weight excluding hydrogens is 636 g/mol. The molecule has 0 saturated heterocycles. The number of anilines is 1. The minimum absolute atomic E-state index is 0.0156. The maximum atomic E-state index is 13.2. The summed E-state index contributed by atoms with van der Waals surface area (Å²) in [5.41, 5.74) is 1.76. The highest BCUT2D eigenvalue weighted by Gasteiger charge is 2.22. The summed E-state index contributed by atoms with van der Waals surface area (Å²) in [5.74, 6) is -0.308. The summed E-state index contributed by atoms with van der Waals surface area (Å²) in [4.78, 5) is 38.8. The van der Waals surface area contributed by atoms with E-state index < -0.39 is 24.5 Å². The predicted molar refractivity (Wildman–Crippen MR) is 177 cm³/mol. The summed E-state index contributed by atoms with van der Waals surface area (Å²) in [6.07, 6.45) is 1.24. The zero-order valence-corrected chi connectivity index (χ0v) is 26.5. The van der Waals surface area contributed by atoms with Gasteiger partial charge in [0.05, 0.1) is 16.7 Å². The van der Waals surface area contributed by atoms with E-state index in [0.717, 1.165) is 39.0 Å². The Morgan fingerprint density at radius 2 is 1.56 bits per heavy atom. The summed E-state index contributed by atoms with van der Waals surface area (Å²) in [6, 6.07) is 28.5. The fraction of sp³-hybridized carbons (Fsp3) is 0.200. The summed E-state index contributed by atoms with van der Waals surface area (Å²) in [7, 11) is 0. The van der Waals surface area contributed by atoms with Crippen LogP contribution in [0.5, 0.6) is 0 Å². The molecule has 3 amide bonds. The van der Waals surface area contributed by atoms with Crippen molar-refractivity contribution in [2.75, 3.05) is 11.9 Å². The van der Waals surface area contributed by atoms with E-state index in [-0.39, 0.29) is 12.5 Å². The molecule has 0 spiro atoms. The lowest BCUT2D eigenvalue weighted by Gasteiger charge is -2.21. The van der Waals surface area contributed by atoms with E-state index in [1.54, 1.807) is 18.3 Å². The van der Waals surface area contributed by atoms with Crippen LogP contribution >= 0.6 is 15.9 Å². The van der Waals surface area contributed by atoms with Gasteiger partial charge in [-0.25, -0.2) is 14.2 Å². The van der Waals surface area contributed by atoms with E-state index >= 15 is 0 Å². The first-order valence-corrected chi connectivity index (χ1v) is 15.5. The van der Waals surface area contributed by atoms with Crippen LogP contribution in [0.2, 0.25) is 0 Å². The van der Waals surface area contributed by atoms with Gasteiger partial charge in [-0.1, -0.05) is 79.7 Å². The van der Waals surface area contributed by atoms with Crippen LogP contribution in [0.4, 0.5) is 15.3 Å². The zero-order valence-electron chi connectivity index (χ0n) is 25.0. The SMILES string of the molecule is CCC[n+]1cc(Br)cc(C(=O)NCC(OC(=O)NC(C)OC(=O)Nc2cccc3ccccc23)c2ccc3ccccc3c2)c1. The van der Waals surface area contributed by atoms with Crippen LogP contribution in [0.3, 0.4) is 0 Å². The molecule has 230 valence electrons. The number of pyridine rings is 1. The van der Waals surface area contributed by atoms with Crippen molar-refractivity contribution in [1.82, 2.24) is 10.6 Å². The van der Waals surface area contributed by atoms with Gasteiger partial charge in [0.15, 0.2) is 18.6 Å². The molecule has 0 aliphatic heterocycles. The van der Waals surface area contributed by atoms with Crippen molar-refractivity contribution in [2.24, 2.45) is 0 Å². The van der Waals surface area contributed by atoms with Gasteiger partial charge in [0.2, 0.25) is 0 Å². The number of aryl methyl sites for hydroxylation is 1. The molecule has 0 fully saturated rings. The second kappa shape index (κ2) is 14.7. The Hall–Kier alpha value is -4.96. The van der Waals surface area contributed by atoms with Crippen molar-refractivity contribution < 1.29 is 28.4 Å². The molecular formula is C35H34BrN4O5+. The number of hydrogen-bond donors (Lipinski definition) is 3. The monoisotopic (exact) mass is 669 g/mol. The molecule has 3 N–H and O–H groups in total. The third-order valence-electron chi connectivity index (χ3n) is 7.11. The molecule has 1 aromatic heterocycles. The Morgan fingerprint density at radius 1 is 0.822 bits per heavy atom. The molecule has 0 bridgehead atoms.